The molecule has 0 aromatic rings. The van der Waals surface area contributed by atoms with Crippen LogP contribution in [0.25, 0.3) is 0 Å². The van der Waals surface area contributed by atoms with E-state index in [0.29, 0.717) is 6.04 Å². The van der Waals surface area contributed by atoms with E-state index in [4.69, 9.17) is 5.11 Å². The standard InChI is InChI=1S/C12H21NO2/c1-9-3-2-6-13(8-9)11-5-4-10(7-11)12(14)15/h9-11H,2-8H2,1H3,(H,14,15). The lowest BCUT2D eigenvalue weighted by molar-refractivity contribution is -0.141. The van der Waals surface area contributed by atoms with Gasteiger partial charge in [-0.3, -0.25) is 4.79 Å². The molecule has 15 heavy (non-hydrogen) atoms. The van der Waals surface area contributed by atoms with Crippen LogP contribution in [-0.4, -0.2) is 35.1 Å². The summed E-state index contributed by atoms with van der Waals surface area (Å²) in [4.78, 5) is 13.4. The number of rotatable bonds is 2. The van der Waals surface area contributed by atoms with Crippen molar-refractivity contribution >= 4 is 5.97 Å². The minimum atomic E-state index is -0.595. The van der Waals surface area contributed by atoms with Gasteiger partial charge in [0.05, 0.1) is 5.92 Å². The van der Waals surface area contributed by atoms with Crippen LogP contribution in [0.1, 0.15) is 39.0 Å². The van der Waals surface area contributed by atoms with Gasteiger partial charge in [0.15, 0.2) is 0 Å². The van der Waals surface area contributed by atoms with Gasteiger partial charge in [-0.25, -0.2) is 0 Å². The second kappa shape index (κ2) is 4.52. The molecule has 1 saturated carbocycles. The first-order valence-electron chi connectivity index (χ1n) is 6.13. The SMILES string of the molecule is CC1CCCN(C2CCC(C(=O)O)C2)C1. The monoisotopic (exact) mass is 211 g/mol. The van der Waals surface area contributed by atoms with E-state index in [0.717, 1.165) is 25.2 Å². The number of piperidine rings is 1. The van der Waals surface area contributed by atoms with Crippen LogP contribution < -0.4 is 0 Å². The van der Waals surface area contributed by atoms with E-state index in [1.54, 1.807) is 0 Å². The van der Waals surface area contributed by atoms with E-state index >= 15 is 0 Å². The molecule has 0 aromatic heterocycles. The van der Waals surface area contributed by atoms with Crippen molar-refractivity contribution in [3.63, 3.8) is 0 Å². The molecule has 3 heteroatoms. The normalized spacial score (nSPS) is 38.1. The van der Waals surface area contributed by atoms with E-state index in [-0.39, 0.29) is 5.92 Å². The average molecular weight is 211 g/mol. The summed E-state index contributed by atoms with van der Waals surface area (Å²) in [6.45, 7) is 4.66. The van der Waals surface area contributed by atoms with Gasteiger partial charge >= 0.3 is 5.97 Å². The molecule has 1 N–H and O–H groups in total. The fourth-order valence-electron chi connectivity index (χ4n) is 3.07. The predicted molar refractivity (Wildman–Crippen MR) is 58.7 cm³/mol. The molecule has 1 aliphatic heterocycles. The van der Waals surface area contributed by atoms with E-state index in [1.807, 2.05) is 0 Å². The second-order valence-corrected chi connectivity index (χ2v) is 5.24. The second-order valence-electron chi connectivity index (χ2n) is 5.24. The lowest BCUT2D eigenvalue weighted by Crippen LogP contribution is -2.41. The lowest BCUT2D eigenvalue weighted by atomic mass is 9.98. The third kappa shape index (κ3) is 2.51. The number of carboxylic acids is 1. The smallest absolute Gasteiger partial charge is 0.306 e. The first kappa shape index (κ1) is 10.9. The molecule has 3 atom stereocenters. The zero-order valence-corrected chi connectivity index (χ0v) is 9.48. The first-order chi connectivity index (χ1) is 7.16. The number of hydrogen-bond donors (Lipinski definition) is 1. The number of carboxylic acid groups (broad SMARTS) is 1. The molecule has 1 aliphatic carbocycles. The molecular formula is C12H21NO2. The number of nitrogens with zero attached hydrogens (tertiary/aromatic N) is 1. The third-order valence-electron chi connectivity index (χ3n) is 3.96. The first-order valence-corrected chi connectivity index (χ1v) is 6.13. The Hall–Kier alpha value is -0.570. The maximum absolute atomic E-state index is 10.9. The van der Waals surface area contributed by atoms with Gasteiger partial charge in [-0.05, 0) is 44.6 Å². The van der Waals surface area contributed by atoms with Gasteiger partial charge in [0, 0.05) is 12.6 Å². The number of hydrogen-bond acceptors (Lipinski definition) is 2. The molecular weight excluding hydrogens is 190 g/mol. The van der Waals surface area contributed by atoms with Crippen LogP contribution in [0.2, 0.25) is 0 Å². The van der Waals surface area contributed by atoms with Gasteiger partial charge in [-0.1, -0.05) is 6.92 Å². The van der Waals surface area contributed by atoms with Crippen LogP contribution in [0.3, 0.4) is 0 Å². The Kier molecular flexibility index (Phi) is 3.29. The fourth-order valence-corrected chi connectivity index (χ4v) is 3.07. The van der Waals surface area contributed by atoms with Gasteiger partial charge in [0.25, 0.3) is 0 Å². The predicted octanol–water partition coefficient (Wildman–Crippen LogP) is 1.97. The van der Waals surface area contributed by atoms with Crippen LogP contribution in [0.4, 0.5) is 0 Å². The van der Waals surface area contributed by atoms with Gasteiger partial charge in [-0.15, -0.1) is 0 Å². The summed E-state index contributed by atoms with van der Waals surface area (Å²) in [5.41, 5.74) is 0. The number of aliphatic carboxylic acids is 1. The highest BCUT2D eigenvalue weighted by Crippen LogP contribution is 2.31. The van der Waals surface area contributed by atoms with E-state index in [9.17, 15) is 4.79 Å². The fraction of sp³-hybridized carbons (Fsp3) is 0.917. The van der Waals surface area contributed by atoms with Crippen LogP contribution in [-0.2, 0) is 4.79 Å². The average Bonchev–Trinajstić information content (AvgIpc) is 2.66. The Bertz CT molecular complexity index is 242. The van der Waals surface area contributed by atoms with Gasteiger partial charge in [0.1, 0.15) is 0 Å². The molecule has 2 rings (SSSR count). The molecule has 0 amide bonds. The zero-order chi connectivity index (χ0) is 10.8. The van der Waals surface area contributed by atoms with Crippen LogP contribution in [0.5, 0.6) is 0 Å². The minimum absolute atomic E-state index is 0.0766. The van der Waals surface area contributed by atoms with Crippen molar-refractivity contribution in [2.24, 2.45) is 11.8 Å². The van der Waals surface area contributed by atoms with Crippen molar-refractivity contribution in [2.45, 2.75) is 45.1 Å². The van der Waals surface area contributed by atoms with E-state index in [2.05, 4.69) is 11.8 Å². The van der Waals surface area contributed by atoms with Crippen molar-refractivity contribution in [3.8, 4) is 0 Å². The molecule has 2 fully saturated rings. The number of carbonyl (C=O) groups is 1. The lowest BCUT2D eigenvalue weighted by Gasteiger charge is -2.35. The highest BCUT2D eigenvalue weighted by Gasteiger charge is 2.34. The van der Waals surface area contributed by atoms with E-state index in [1.165, 1.54) is 25.9 Å². The zero-order valence-electron chi connectivity index (χ0n) is 9.48. The molecule has 1 saturated heterocycles. The summed E-state index contributed by atoms with van der Waals surface area (Å²) < 4.78 is 0. The van der Waals surface area contributed by atoms with Gasteiger partial charge < -0.3 is 10.0 Å². The summed E-state index contributed by atoms with van der Waals surface area (Å²) in [7, 11) is 0. The number of likely N-dealkylation sites (tertiary alicyclic amines) is 1. The Morgan fingerprint density at radius 1 is 1.33 bits per heavy atom. The molecule has 0 radical (unpaired) electrons. The molecule has 0 aromatic carbocycles. The van der Waals surface area contributed by atoms with Crippen molar-refractivity contribution < 1.29 is 9.90 Å². The molecule has 0 bridgehead atoms. The minimum Gasteiger partial charge on any atom is -0.481 e. The molecule has 0 spiro atoms. The highest BCUT2D eigenvalue weighted by atomic mass is 16.4. The topological polar surface area (TPSA) is 40.5 Å². The summed E-state index contributed by atoms with van der Waals surface area (Å²) in [5, 5.41) is 8.96. The summed E-state index contributed by atoms with van der Waals surface area (Å²) in [5.74, 6) is 0.123. The Morgan fingerprint density at radius 2 is 2.13 bits per heavy atom. The maximum Gasteiger partial charge on any atom is 0.306 e. The quantitative estimate of drug-likeness (QED) is 0.759. The largest absolute Gasteiger partial charge is 0.481 e. The summed E-state index contributed by atoms with van der Waals surface area (Å²) >= 11 is 0. The van der Waals surface area contributed by atoms with Crippen molar-refractivity contribution in [2.75, 3.05) is 13.1 Å². The van der Waals surface area contributed by atoms with Crippen molar-refractivity contribution in [1.82, 2.24) is 4.90 Å². The van der Waals surface area contributed by atoms with E-state index < -0.39 is 5.97 Å². The van der Waals surface area contributed by atoms with Crippen molar-refractivity contribution in [1.29, 1.82) is 0 Å². The molecule has 1 heterocycles. The maximum atomic E-state index is 10.9. The molecule has 86 valence electrons. The molecule has 3 nitrogen and oxygen atoms in total. The third-order valence-corrected chi connectivity index (χ3v) is 3.96. The van der Waals surface area contributed by atoms with Crippen LogP contribution in [0, 0.1) is 11.8 Å². The summed E-state index contributed by atoms with van der Waals surface area (Å²) in [6.07, 6.45) is 5.47. The van der Waals surface area contributed by atoms with Crippen molar-refractivity contribution in [3.05, 3.63) is 0 Å². The summed E-state index contributed by atoms with van der Waals surface area (Å²) in [6, 6.07) is 0.550. The van der Waals surface area contributed by atoms with Gasteiger partial charge in [-0.2, -0.15) is 0 Å². The highest BCUT2D eigenvalue weighted by molar-refractivity contribution is 5.70. The molecule has 2 aliphatic rings. The Balaban J connectivity index is 1.87. The Labute approximate surface area is 91.5 Å². The van der Waals surface area contributed by atoms with Crippen LogP contribution >= 0.6 is 0 Å². The van der Waals surface area contributed by atoms with Crippen LogP contribution in [0.15, 0.2) is 0 Å². The molecule has 3 unspecified atom stereocenters. The Morgan fingerprint density at radius 3 is 2.73 bits per heavy atom. The van der Waals surface area contributed by atoms with Gasteiger partial charge in [0.2, 0.25) is 0 Å².